The van der Waals surface area contributed by atoms with Crippen LogP contribution in [0.2, 0.25) is 0 Å². The summed E-state index contributed by atoms with van der Waals surface area (Å²) < 4.78 is 0. The van der Waals surface area contributed by atoms with Gasteiger partial charge in [0.25, 0.3) is 0 Å². The Morgan fingerprint density at radius 1 is 1.33 bits per heavy atom. The first-order chi connectivity index (χ1) is 8.63. The van der Waals surface area contributed by atoms with Crippen LogP contribution in [-0.2, 0) is 4.79 Å². The SMILES string of the molecule is CCCC[C@H](N)C(=O)NCCN1CCN(C)CC1. The van der Waals surface area contributed by atoms with Crippen LogP contribution in [0.1, 0.15) is 26.2 Å². The highest BCUT2D eigenvalue weighted by molar-refractivity contribution is 5.81. The van der Waals surface area contributed by atoms with Gasteiger partial charge in [-0.2, -0.15) is 0 Å². The minimum Gasteiger partial charge on any atom is -0.353 e. The van der Waals surface area contributed by atoms with Crippen LogP contribution in [0, 0.1) is 0 Å². The highest BCUT2D eigenvalue weighted by atomic mass is 16.2. The summed E-state index contributed by atoms with van der Waals surface area (Å²) in [5.74, 6) is -0.00224. The molecule has 106 valence electrons. The van der Waals surface area contributed by atoms with Crippen LogP contribution in [0.3, 0.4) is 0 Å². The Bertz CT molecular complexity index is 239. The molecule has 1 heterocycles. The Morgan fingerprint density at radius 3 is 2.61 bits per heavy atom. The van der Waals surface area contributed by atoms with Gasteiger partial charge in [-0.25, -0.2) is 0 Å². The van der Waals surface area contributed by atoms with Crippen molar-refractivity contribution >= 4 is 5.91 Å². The van der Waals surface area contributed by atoms with Gasteiger partial charge in [-0.3, -0.25) is 9.69 Å². The third kappa shape index (κ3) is 5.80. The maximum Gasteiger partial charge on any atom is 0.236 e. The molecule has 0 saturated carbocycles. The number of nitrogens with zero attached hydrogens (tertiary/aromatic N) is 2. The molecule has 0 unspecified atom stereocenters. The summed E-state index contributed by atoms with van der Waals surface area (Å²) in [7, 11) is 2.14. The molecule has 1 atom stereocenters. The molecular formula is C13H28N4O. The smallest absolute Gasteiger partial charge is 0.236 e. The van der Waals surface area contributed by atoms with Crippen LogP contribution in [-0.4, -0.2) is 68.1 Å². The molecule has 5 heteroatoms. The maximum absolute atomic E-state index is 11.7. The molecule has 0 radical (unpaired) electrons. The van der Waals surface area contributed by atoms with Crippen molar-refractivity contribution in [3.8, 4) is 0 Å². The van der Waals surface area contributed by atoms with Crippen LogP contribution in [0.4, 0.5) is 0 Å². The van der Waals surface area contributed by atoms with E-state index in [-0.39, 0.29) is 11.9 Å². The van der Waals surface area contributed by atoms with Crippen molar-refractivity contribution in [3.05, 3.63) is 0 Å². The predicted molar refractivity (Wildman–Crippen MR) is 74.4 cm³/mol. The fourth-order valence-electron chi connectivity index (χ4n) is 2.09. The maximum atomic E-state index is 11.7. The molecular weight excluding hydrogens is 228 g/mol. The molecule has 0 spiro atoms. The summed E-state index contributed by atoms with van der Waals surface area (Å²) >= 11 is 0. The van der Waals surface area contributed by atoms with Gasteiger partial charge in [0.2, 0.25) is 5.91 Å². The molecule has 1 rings (SSSR count). The summed E-state index contributed by atoms with van der Waals surface area (Å²) in [5.41, 5.74) is 5.81. The third-order valence-corrected chi connectivity index (χ3v) is 3.53. The van der Waals surface area contributed by atoms with Crippen molar-refractivity contribution in [1.82, 2.24) is 15.1 Å². The molecule has 1 aliphatic rings. The number of hydrogen-bond donors (Lipinski definition) is 2. The van der Waals surface area contributed by atoms with Gasteiger partial charge in [0.05, 0.1) is 6.04 Å². The van der Waals surface area contributed by atoms with E-state index < -0.39 is 0 Å². The minimum absolute atomic E-state index is 0.00224. The average Bonchev–Trinajstić information content (AvgIpc) is 2.38. The molecule has 0 aromatic heterocycles. The Kier molecular flexibility index (Phi) is 7.23. The lowest BCUT2D eigenvalue weighted by Gasteiger charge is -2.32. The van der Waals surface area contributed by atoms with Gasteiger partial charge in [0.15, 0.2) is 0 Å². The van der Waals surface area contributed by atoms with Crippen LogP contribution in [0.5, 0.6) is 0 Å². The van der Waals surface area contributed by atoms with Crippen molar-refractivity contribution in [2.24, 2.45) is 5.73 Å². The van der Waals surface area contributed by atoms with E-state index in [0.717, 1.165) is 52.0 Å². The highest BCUT2D eigenvalue weighted by Crippen LogP contribution is 1.99. The summed E-state index contributed by atoms with van der Waals surface area (Å²) in [4.78, 5) is 16.4. The fraction of sp³-hybridized carbons (Fsp3) is 0.923. The van der Waals surface area contributed by atoms with Gasteiger partial charge in [0.1, 0.15) is 0 Å². The Labute approximate surface area is 111 Å². The number of likely N-dealkylation sites (N-methyl/N-ethyl adjacent to an activating group) is 1. The van der Waals surface area contributed by atoms with Crippen molar-refractivity contribution in [1.29, 1.82) is 0 Å². The Hall–Kier alpha value is -0.650. The number of rotatable bonds is 7. The number of carbonyl (C=O) groups is 1. The van der Waals surface area contributed by atoms with E-state index in [2.05, 4.69) is 29.1 Å². The highest BCUT2D eigenvalue weighted by Gasteiger charge is 2.15. The Morgan fingerprint density at radius 2 is 2.00 bits per heavy atom. The van der Waals surface area contributed by atoms with E-state index in [9.17, 15) is 4.79 Å². The van der Waals surface area contributed by atoms with Gasteiger partial charge in [-0.05, 0) is 13.5 Å². The first-order valence-electron chi connectivity index (χ1n) is 7.07. The van der Waals surface area contributed by atoms with Crippen LogP contribution in [0.25, 0.3) is 0 Å². The first kappa shape index (κ1) is 15.4. The summed E-state index contributed by atoms with van der Waals surface area (Å²) in [6.07, 6.45) is 2.90. The summed E-state index contributed by atoms with van der Waals surface area (Å²) in [6, 6.07) is -0.336. The minimum atomic E-state index is -0.336. The first-order valence-corrected chi connectivity index (χ1v) is 7.07. The topological polar surface area (TPSA) is 61.6 Å². The predicted octanol–water partition coefficient (Wildman–Crippen LogP) is -0.132. The van der Waals surface area contributed by atoms with E-state index in [1.165, 1.54) is 0 Å². The van der Waals surface area contributed by atoms with Crippen molar-refractivity contribution in [3.63, 3.8) is 0 Å². The Balaban J connectivity index is 2.08. The number of hydrogen-bond acceptors (Lipinski definition) is 4. The molecule has 0 aliphatic carbocycles. The van der Waals surface area contributed by atoms with Gasteiger partial charge in [-0.1, -0.05) is 19.8 Å². The molecule has 0 aromatic rings. The van der Waals surface area contributed by atoms with Crippen molar-refractivity contribution < 1.29 is 4.79 Å². The lowest BCUT2D eigenvalue weighted by molar-refractivity contribution is -0.122. The molecule has 5 nitrogen and oxygen atoms in total. The van der Waals surface area contributed by atoms with Gasteiger partial charge in [0, 0.05) is 39.3 Å². The van der Waals surface area contributed by atoms with Crippen LogP contribution in [0.15, 0.2) is 0 Å². The zero-order valence-electron chi connectivity index (χ0n) is 11.8. The van der Waals surface area contributed by atoms with E-state index in [1.54, 1.807) is 0 Å². The second kappa shape index (κ2) is 8.45. The van der Waals surface area contributed by atoms with Crippen LogP contribution < -0.4 is 11.1 Å². The number of nitrogens with one attached hydrogen (secondary N) is 1. The van der Waals surface area contributed by atoms with E-state index in [4.69, 9.17) is 5.73 Å². The lowest BCUT2D eigenvalue weighted by atomic mass is 10.1. The molecule has 3 N–H and O–H groups in total. The quantitative estimate of drug-likeness (QED) is 0.666. The molecule has 0 bridgehead atoms. The standard InChI is InChI=1S/C13H28N4O/c1-3-4-5-12(14)13(18)15-6-7-17-10-8-16(2)9-11-17/h12H,3-11,14H2,1-2H3,(H,15,18)/t12-/m0/s1. The second-order valence-electron chi connectivity index (χ2n) is 5.18. The van der Waals surface area contributed by atoms with Gasteiger partial charge < -0.3 is 16.0 Å². The summed E-state index contributed by atoms with van der Waals surface area (Å²) in [6.45, 7) is 8.16. The molecule has 0 aromatic carbocycles. The number of amides is 1. The number of carbonyl (C=O) groups excluding carboxylic acids is 1. The molecule has 1 fully saturated rings. The van der Waals surface area contributed by atoms with Gasteiger partial charge >= 0.3 is 0 Å². The molecule has 18 heavy (non-hydrogen) atoms. The normalized spacial score (nSPS) is 19.7. The monoisotopic (exact) mass is 256 g/mol. The second-order valence-corrected chi connectivity index (χ2v) is 5.18. The zero-order valence-corrected chi connectivity index (χ0v) is 11.8. The molecule has 1 aliphatic heterocycles. The van der Waals surface area contributed by atoms with E-state index in [1.807, 2.05) is 0 Å². The third-order valence-electron chi connectivity index (χ3n) is 3.53. The molecule has 1 saturated heterocycles. The average molecular weight is 256 g/mol. The number of unbranched alkanes of at least 4 members (excludes halogenated alkanes) is 1. The van der Waals surface area contributed by atoms with Crippen molar-refractivity contribution in [2.45, 2.75) is 32.2 Å². The zero-order chi connectivity index (χ0) is 13.4. The van der Waals surface area contributed by atoms with Gasteiger partial charge in [-0.15, -0.1) is 0 Å². The largest absolute Gasteiger partial charge is 0.353 e. The lowest BCUT2D eigenvalue weighted by Crippen LogP contribution is -2.48. The number of nitrogens with two attached hydrogens (primary N) is 1. The van der Waals surface area contributed by atoms with Crippen molar-refractivity contribution in [2.75, 3.05) is 46.3 Å². The number of piperazine rings is 1. The summed E-state index contributed by atoms with van der Waals surface area (Å²) in [5, 5.41) is 2.93. The van der Waals surface area contributed by atoms with E-state index in [0.29, 0.717) is 6.54 Å². The molecule has 1 amide bonds. The van der Waals surface area contributed by atoms with Crippen LogP contribution >= 0.6 is 0 Å². The fourth-order valence-corrected chi connectivity index (χ4v) is 2.09. The van der Waals surface area contributed by atoms with E-state index >= 15 is 0 Å².